The third-order valence-electron chi connectivity index (χ3n) is 3.48. The van der Waals surface area contributed by atoms with Crippen LogP contribution in [0.1, 0.15) is 12.0 Å². The smallest absolute Gasteiger partial charge is 0.410 e. The average Bonchev–Trinajstić information content (AvgIpc) is 3.04. The van der Waals surface area contributed by atoms with E-state index in [9.17, 15) is 4.79 Å². The number of carbonyl (C=O) groups excluding carboxylic acids is 1. The maximum Gasteiger partial charge on any atom is 0.410 e. The zero-order chi connectivity index (χ0) is 16.1. The number of likely N-dealkylation sites (tertiary alicyclic amines) is 1. The van der Waals surface area contributed by atoms with Crippen LogP contribution in [0, 0.1) is 0 Å². The van der Waals surface area contributed by atoms with Crippen LogP contribution in [0.4, 0.5) is 4.79 Å². The van der Waals surface area contributed by atoms with Crippen molar-refractivity contribution in [2.75, 3.05) is 13.1 Å². The van der Waals surface area contributed by atoms with Crippen molar-refractivity contribution in [2.24, 2.45) is 0 Å². The summed E-state index contributed by atoms with van der Waals surface area (Å²) in [5.41, 5.74) is 0.969. The molecule has 0 aliphatic carbocycles. The molecule has 0 radical (unpaired) electrons. The van der Waals surface area contributed by atoms with Crippen molar-refractivity contribution >= 4 is 22.0 Å². The predicted molar refractivity (Wildman–Crippen MR) is 87.0 cm³/mol. The van der Waals surface area contributed by atoms with Crippen molar-refractivity contribution in [3.05, 3.63) is 52.8 Å². The summed E-state index contributed by atoms with van der Waals surface area (Å²) < 4.78 is 11.8. The van der Waals surface area contributed by atoms with Crippen molar-refractivity contribution in [1.82, 2.24) is 14.9 Å². The number of hydrogen-bond donors (Lipinski definition) is 0. The lowest BCUT2D eigenvalue weighted by atomic mass is 10.2. The van der Waals surface area contributed by atoms with Gasteiger partial charge in [-0.3, -0.25) is 0 Å². The topological polar surface area (TPSA) is 64.5 Å². The van der Waals surface area contributed by atoms with E-state index in [4.69, 9.17) is 9.47 Å². The van der Waals surface area contributed by atoms with Crippen LogP contribution in [0.5, 0.6) is 6.01 Å². The maximum atomic E-state index is 12.1. The molecule has 1 unspecified atom stereocenters. The Morgan fingerprint density at radius 2 is 2.00 bits per heavy atom. The molecule has 1 saturated heterocycles. The molecule has 2 aromatic rings. The van der Waals surface area contributed by atoms with Gasteiger partial charge < -0.3 is 14.4 Å². The summed E-state index contributed by atoms with van der Waals surface area (Å²) in [5, 5.41) is 0. The van der Waals surface area contributed by atoms with Gasteiger partial charge in [-0.25, -0.2) is 14.8 Å². The van der Waals surface area contributed by atoms with Crippen LogP contribution in [-0.2, 0) is 11.3 Å². The number of halogens is 1. The predicted octanol–water partition coefficient (Wildman–Crippen LogP) is 3.03. The van der Waals surface area contributed by atoms with Gasteiger partial charge in [-0.2, -0.15) is 0 Å². The fourth-order valence-corrected chi connectivity index (χ4v) is 2.52. The van der Waals surface area contributed by atoms with E-state index < -0.39 is 0 Å². The van der Waals surface area contributed by atoms with Crippen LogP contribution < -0.4 is 4.74 Å². The molecular formula is C16H16BrN3O3. The monoisotopic (exact) mass is 377 g/mol. The summed E-state index contributed by atoms with van der Waals surface area (Å²) in [6.45, 7) is 1.36. The van der Waals surface area contributed by atoms with Crippen LogP contribution in [0.15, 0.2) is 47.2 Å². The molecule has 0 N–H and O–H groups in total. The molecule has 3 rings (SSSR count). The fraction of sp³-hybridized carbons (Fsp3) is 0.312. The van der Waals surface area contributed by atoms with Crippen molar-refractivity contribution < 1.29 is 14.3 Å². The zero-order valence-corrected chi connectivity index (χ0v) is 14.0. The molecule has 1 aliphatic rings. The van der Waals surface area contributed by atoms with Gasteiger partial charge in [-0.1, -0.05) is 30.3 Å². The first-order valence-electron chi connectivity index (χ1n) is 7.30. The number of nitrogens with zero attached hydrogens (tertiary/aromatic N) is 3. The Kier molecular flexibility index (Phi) is 5.07. The van der Waals surface area contributed by atoms with E-state index in [-0.39, 0.29) is 18.8 Å². The quantitative estimate of drug-likeness (QED) is 0.819. The average molecular weight is 378 g/mol. The normalized spacial score (nSPS) is 17.1. The van der Waals surface area contributed by atoms with E-state index in [0.717, 1.165) is 16.5 Å². The van der Waals surface area contributed by atoms with Crippen LogP contribution in [-0.4, -0.2) is 40.2 Å². The summed E-state index contributed by atoms with van der Waals surface area (Å²) in [6, 6.07) is 9.93. The summed E-state index contributed by atoms with van der Waals surface area (Å²) in [6.07, 6.45) is 3.56. The van der Waals surface area contributed by atoms with Crippen LogP contribution in [0.2, 0.25) is 0 Å². The molecule has 1 aromatic heterocycles. The Hall–Kier alpha value is -2.15. The van der Waals surface area contributed by atoms with Gasteiger partial charge in [0.2, 0.25) is 0 Å². The largest absolute Gasteiger partial charge is 0.458 e. The van der Waals surface area contributed by atoms with E-state index in [1.54, 1.807) is 17.3 Å². The molecule has 1 aromatic carbocycles. The molecule has 0 bridgehead atoms. The molecule has 0 saturated carbocycles. The molecule has 6 nitrogen and oxygen atoms in total. The minimum absolute atomic E-state index is 0.111. The van der Waals surface area contributed by atoms with Crippen LogP contribution in [0.25, 0.3) is 0 Å². The van der Waals surface area contributed by atoms with Crippen molar-refractivity contribution in [3.63, 3.8) is 0 Å². The molecule has 23 heavy (non-hydrogen) atoms. The summed E-state index contributed by atoms with van der Waals surface area (Å²) in [4.78, 5) is 21.9. The lowest BCUT2D eigenvalue weighted by molar-refractivity contribution is 0.0983. The number of aromatic nitrogens is 2. The van der Waals surface area contributed by atoms with Crippen molar-refractivity contribution in [2.45, 2.75) is 19.1 Å². The molecule has 1 aliphatic heterocycles. The highest BCUT2D eigenvalue weighted by Gasteiger charge is 2.29. The minimum Gasteiger partial charge on any atom is -0.458 e. The fourth-order valence-electron chi connectivity index (χ4n) is 2.31. The lowest BCUT2D eigenvalue weighted by Gasteiger charge is -2.16. The summed E-state index contributed by atoms with van der Waals surface area (Å²) in [7, 11) is 0. The van der Waals surface area contributed by atoms with Crippen molar-refractivity contribution in [3.8, 4) is 6.01 Å². The highest BCUT2D eigenvalue weighted by Crippen LogP contribution is 2.17. The minimum atomic E-state index is -0.323. The number of rotatable bonds is 4. The SMILES string of the molecule is O=C(OCc1ccccc1)N1CCC(Oc2ncc(Br)cn2)C1. The second-order valence-electron chi connectivity index (χ2n) is 5.20. The van der Waals surface area contributed by atoms with E-state index in [2.05, 4.69) is 25.9 Å². The molecule has 2 heterocycles. The molecule has 1 fully saturated rings. The number of ether oxygens (including phenoxy) is 2. The summed E-state index contributed by atoms with van der Waals surface area (Å²) in [5.74, 6) is 0. The lowest BCUT2D eigenvalue weighted by Crippen LogP contribution is -2.31. The second-order valence-corrected chi connectivity index (χ2v) is 6.11. The third kappa shape index (κ3) is 4.41. The van der Waals surface area contributed by atoms with Gasteiger partial charge in [-0.15, -0.1) is 0 Å². The van der Waals surface area contributed by atoms with Gasteiger partial charge >= 0.3 is 12.1 Å². The Balaban J connectivity index is 1.47. The molecule has 0 spiro atoms. The molecule has 120 valence electrons. The molecular weight excluding hydrogens is 362 g/mol. The highest BCUT2D eigenvalue weighted by atomic mass is 79.9. The second kappa shape index (κ2) is 7.41. The Labute approximate surface area is 142 Å². The number of amides is 1. The first-order valence-corrected chi connectivity index (χ1v) is 8.10. The van der Waals surface area contributed by atoms with E-state index in [1.165, 1.54) is 0 Å². The Morgan fingerprint density at radius 3 is 2.74 bits per heavy atom. The van der Waals surface area contributed by atoms with Gasteiger partial charge in [0, 0.05) is 25.4 Å². The van der Waals surface area contributed by atoms with Crippen LogP contribution >= 0.6 is 15.9 Å². The van der Waals surface area contributed by atoms with Gasteiger partial charge in [0.1, 0.15) is 12.7 Å². The number of carbonyl (C=O) groups is 1. The van der Waals surface area contributed by atoms with Gasteiger partial charge in [0.25, 0.3) is 0 Å². The van der Waals surface area contributed by atoms with E-state index in [1.807, 2.05) is 30.3 Å². The molecule has 1 atom stereocenters. The van der Waals surface area contributed by atoms with E-state index >= 15 is 0 Å². The maximum absolute atomic E-state index is 12.1. The standard InChI is InChI=1S/C16H16BrN3O3/c17-13-8-18-15(19-9-13)23-14-6-7-20(10-14)16(21)22-11-12-4-2-1-3-5-12/h1-5,8-9,14H,6-7,10-11H2. The summed E-state index contributed by atoms with van der Waals surface area (Å²) >= 11 is 3.27. The van der Waals surface area contributed by atoms with Crippen molar-refractivity contribution in [1.29, 1.82) is 0 Å². The third-order valence-corrected chi connectivity index (χ3v) is 3.89. The highest BCUT2D eigenvalue weighted by molar-refractivity contribution is 9.10. The number of hydrogen-bond acceptors (Lipinski definition) is 5. The van der Waals surface area contributed by atoms with Gasteiger partial charge in [0.05, 0.1) is 11.0 Å². The molecule has 1 amide bonds. The molecule has 7 heteroatoms. The number of benzene rings is 1. The Morgan fingerprint density at radius 1 is 1.26 bits per heavy atom. The zero-order valence-electron chi connectivity index (χ0n) is 12.4. The van der Waals surface area contributed by atoms with E-state index in [0.29, 0.717) is 19.1 Å². The Bertz CT molecular complexity index is 651. The van der Waals surface area contributed by atoms with Gasteiger partial charge in [-0.05, 0) is 21.5 Å². The first kappa shape index (κ1) is 15.7. The first-order chi connectivity index (χ1) is 11.2. The van der Waals surface area contributed by atoms with Crippen LogP contribution in [0.3, 0.4) is 0 Å². The van der Waals surface area contributed by atoms with Gasteiger partial charge in [0.15, 0.2) is 0 Å².